The van der Waals surface area contributed by atoms with Crippen LogP contribution in [0.15, 0.2) is 0 Å². The van der Waals surface area contributed by atoms with E-state index in [-0.39, 0.29) is 31.1 Å². The third-order valence-electron chi connectivity index (χ3n) is 9.84. The zero-order valence-corrected chi connectivity index (χ0v) is 32.7. The van der Waals surface area contributed by atoms with Crippen molar-refractivity contribution in [2.75, 3.05) is 18.8 Å². The molecule has 0 rings (SSSR count). The van der Waals surface area contributed by atoms with Gasteiger partial charge in [0.2, 0.25) is 5.91 Å². The van der Waals surface area contributed by atoms with Gasteiger partial charge in [-0.2, -0.15) is 8.42 Å². The van der Waals surface area contributed by atoms with E-state index in [0.717, 1.165) is 57.8 Å². The average Bonchev–Trinajstić information content (AvgIpc) is 3.08. The lowest BCUT2D eigenvalue weighted by Gasteiger charge is -2.21. The number of amides is 1. The van der Waals surface area contributed by atoms with Crippen LogP contribution in [0.1, 0.15) is 193 Å². The van der Waals surface area contributed by atoms with E-state index in [1.54, 1.807) is 0 Å². The lowest BCUT2D eigenvalue weighted by molar-refractivity contribution is -0.130. The van der Waals surface area contributed by atoms with E-state index in [9.17, 15) is 27.9 Å². The predicted octanol–water partition coefficient (Wildman–Crippen LogP) is 7.72. The first kappa shape index (κ1) is 48.6. The summed E-state index contributed by atoms with van der Waals surface area (Å²) in [4.78, 5) is 37.2. The van der Waals surface area contributed by atoms with Gasteiger partial charge in [-0.25, -0.2) is 0 Å². The van der Waals surface area contributed by atoms with Crippen molar-refractivity contribution in [1.82, 2.24) is 5.32 Å². The first-order valence-electron chi connectivity index (χ1n) is 20.5. The van der Waals surface area contributed by atoms with Crippen LogP contribution in [0.25, 0.3) is 0 Å². The van der Waals surface area contributed by atoms with Gasteiger partial charge in [0, 0.05) is 25.3 Å². The van der Waals surface area contributed by atoms with E-state index < -0.39 is 39.8 Å². The zero-order valence-electron chi connectivity index (χ0n) is 31.9. The second-order valence-electron chi connectivity index (χ2n) is 14.5. The summed E-state index contributed by atoms with van der Waals surface area (Å²) in [6.07, 6.45) is 30.7. The number of aliphatic hydroxyl groups excluding tert-OH is 1. The van der Waals surface area contributed by atoms with Crippen LogP contribution in [-0.2, 0) is 24.5 Å². The van der Waals surface area contributed by atoms with E-state index in [1.165, 1.54) is 103 Å². The molecule has 0 aliphatic heterocycles. The fraction of sp³-hybridized carbons (Fsp3) is 0.923. The molecule has 0 bridgehead atoms. The summed E-state index contributed by atoms with van der Waals surface area (Å²) in [7, 11) is -4.19. The Kier molecular flexibility index (Phi) is 32.5. The second kappa shape index (κ2) is 33.4. The molecule has 1 amide bonds. The molecule has 0 spiro atoms. The Balaban J connectivity index is 3.67. The minimum atomic E-state index is -4.19. The number of unbranched alkanes of at least 4 members (excludes halogenated alkanes) is 23. The Morgan fingerprint density at radius 3 is 1.38 bits per heavy atom. The Labute approximate surface area is 306 Å². The van der Waals surface area contributed by atoms with Gasteiger partial charge in [-0.3, -0.25) is 18.9 Å². The van der Waals surface area contributed by atoms with Crippen molar-refractivity contribution in [2.45, 2.75) is 205 Å². The summed E-state index contributed by atoms with van der Waals surface area (Å²) in [6.45, 7) is 2.20. The molecule has 0 fully saturated rings. The number of hydrogen-bond donors (Lipinski definition) is 5. The lowest BCUT2D eigenvalue weighted by Crippen LogP contribution is -2.49. The molecule has 0 aromatic heterocycles. The minimum absolute atomic E-state index is 0.0196. The Bertz CT molecular complexity index is 948. The summed E-state index contributed by atoms with van der Waals surface area (Å²) < 4.78 is 30.4. The number of carbonyl (C=O) groups is 3. The monoisotopic (exact) mass is 732 g/mol. The smallest absolute Gasteiger partial charge is 0.266 e. The highest BCUT2D eigenvalue weighted by atomic mass is 32.2. The summed E-state index contributed by atoms with van der Waals surface area (Å²) in [5.74, 6) is -2.03. The minimum Gasteiger partial charge on any atom is -0.385 e. The van der Waals surface area contributed by atoms with Crippen molar-refractivity contribution in [1.29, 1.82) is 0 Å². The molecule has 0 radical (unpaired) electrons. The average molecular weight is 732 g/mol. The predicted molar refractivity (Wildman–Crippen MR) is 206 cm³/mol. The molecule has 11 heteroatoms. The highest BCUT2D eigenvalue weighted by Gasteiger charge is 2.29. The maximum atomic E-state index is 12.7. The molecule has 0 heterocycles. The summed E-state index contributed by atoms with van der Waals surface area (Å²) >= 11 is 0. The highest BCUT2D eigenvalue weighted by molar-refractivity contribution is 7.85. The van der Waals surface area contributed by atoms with E-state index in [0.29, 0.717) is 19.3 Å². The number of nitrogens with one attached hydrogen (secondary N) is 1. The van der Waals surface area contributed by atoms with Crippen molar-refractivity contribution >= 4 is 27.6 Å². The highest BCUT2D eigenvalue weighted by Crippen LogP contribution is 2.18. The molecule has 0 saturated heterocycles. The number of rotatable bonds is 38. The standard InChI is InChI=1S/C39H77N3O7S/c1-2-3-4-5-6-7-8-9-13-16-19-22-25-28-36(44)37(45)29-26-23-20-17-14-11-10-12-15-18-21-24-27-35(43)34(30-31-40)38(41)39(46)42-32-33-50(47,48)49/h34,36,38,44H,2-33,40-41H2,1H3,(H,42,46)(H,47,48,49)/t34?,36?,38-/m0/s1. The second-order valence-corrected chi connectivity index (χ2v) is 16.1. The molecule has 50 heavy (non-hydrogen) atoms. The van der Waals surface area contributed by atoms with Gasteiger partial charge in [0.05, 0.1) is 11.8 Å². The fourth-order valence-electron chi connectivity index (χ4n) is 6.56. The summed E-state index contributed by atoms with van der Waals surface area (Å²) in [5, 5.41) is 12.6. The van der Waals surface area contributed by atoms with Crippen LogP contribution in [0.4, 0.5) is 0 Å². The molecule has 0 aromatic carbocycles. The van der Waals surface area contributed by atoms with Crippen molar-refractivity contribution < 1.29 is 32.5 Å². The van der Waals surface area contributed by atoms with Crippen LogP contribution in [0.5, 0.6) is 0 Å². The first-order valence-corrected chi connectivity index (χ1v) is 22.1. The van der Waals surface area contributed by atoms with Gasteiger partial charge in [0.15, 0.2) is 5.78 Å². The topological polar surface area (TPSA) is 190 Å². The van der Waals surface area contributed by atoms with Crippen LogP contribution in [0.2, 0.25) is 0 Å². The fourth-order valence-corrected chi connectivity index (χ4v) is 6.92. The molecular weight excluding hydrogens is 655 g/mol. The maximum absolute atomic E-state index is 12.7. The molecular formula is C39H77N3O7S. The molecule has 3 atom stereocenters. The van der Waals surface area contributed by atoms with Gasteiger partial charge in [-0.1, -0.05) is 155 Å². The summed E-state index contributed by atoms with van der Waals surface area (Å²) in [5.41, 5.74) is 11.6. The van der Waals surface area contributed by atoms with Crippen LogP contribution >= 0.6 is 0 Å². The number of Topliss-reactive ketones (excluding diaryl/α,β-unsaturated/α-hetero) is 2. The number of hydrogen-bond acceptors (Lipinski definition) is 8. The molecule has 0 saturated carbocycles. The number of nitrogens with two attached hydrogens (primary N) is 2. The van der Waals surface area contributed by atoms with Crippen molar-refractivity contribution in [3.05, 3.63) is 0 Å². The number of ketones is 2. The van der Waals surface area contributed by atoms with Gasteiger partial charge < -0.3 is 21.9 Å². The third kappa shape index (κ3) is 30.2. The number of aliphatic hydroxyl groups is 1. The molecule has 2 unspecified atom stereocenters. The quantitative estimate of drug-likeness (QED) is 0.0313. The van der Waals surface area contributed by atoms with Crippen LogP contribution < -0.4 is 16.8 Å². The van der Waals surface area contributed by atoms with Gasteiger partial charge in [0.1, 0.15) is 11.9 Å². The third-order valence-corrected chi connectivity index (χ3v) is 10.6. The van der Waals surface area contributed by atoms with Crippen molar-refractivity contribution in [2.24, 2.45) is 17.4 Å². The van der Waals surface area contributed by atoms with Crippen molar-refractivity contribution in [3.8, 4) is 0 Å². The van der Waals surface area contributed by atoms with Gasteiger partial charge >= 0.3 is 0 Å². The molecule has 296 valence electrons. The van der Waals surface area contributed by atoms with E-state index in [4.69, 9.17) is 16.0 Å². The Hall–Kier alpha value is -1.40. The normalized spacial score (nSPS) is 13.6. The van der Waals surface area contributed by atoms with Crippen LogP contribution in [-0.4, -0.2) is 66.5 Å². The van der Waals surface area contributed by atoms with Crippen LogP contribution in [0, 0.1) is 5.92 Å². The SMILES string of the molecule is CCCCCCCCCCCCCCCC(O)C(=O)CCCCCCCCCCCCCCC(=O)C(CCN)[C@H](N)C(=O)NCCS(=O)(=O)O. The number of carbonyl (C=O) groups excluding carboxylic acids is 3. The molecule has 10 nitrogen and oxygen atoms in total. The largest absolute Gasteiger partial charge is 0.385 e. The molecule has 0 aromatic rings. The summed E-state index contributed by atoms with van der Waals surface area (Å²) in [6, 6.07) is -1.11. The lowest BCUT2D eigenvalue weighted by atomic mass is 9.88. The molecule has 0 aliphatic carbocycles. The van der Waals surface area contributed by atoms with Gasteiger partial charge in [-0.05, 0) is 32.2 Å². The van der Waals surface area contributed by atoms with Crippen molar-refractivity contribution in [3.63, 3.8) is 0 Å². The van der Waals surface area contributed by atoms with Gasteiger partial charge in [-0.15, -0.1) is 0 Å². The Morgan fingerprint density at radius 1 is 0.600 bits per heavy atom. The van der Waals surface area contributed by atoms with E-state index in [1.807, 2.05) is 0 Å². The van der Waals surface area contributed by atoms with E-state index in [2.05, 4.69) is 12.2 Å². The zero-order chi connectivity index (χ0) is 37.3. The molecule has 0 aliphatic rings. The molecule has 7 N–H and O–H groups in total. The Morgan fingerprint density at radius 2 is 0.980 bits per heavy atom. The maximum Gasteiger partial charge on any atom is 0.266 e. The van der Waals surface area contributed by atoms with E-state index >= 15 is 0 Å². The first-order chi connectivity index (χ1) is 24.0. The van der Waals surface area contributed by atoms with Gasteiger partial charge in [0.25, 0.3) is 10.1 Å². The van der Waals surface area contributed by atoms with Crippen LogP contribution in [0.3, 0.4) is 0 Å².